The summed E-state index contributed by atoms with van der Waals surface area (Å²) < 4.78 is 22.5. The summed E-state index contributed by atoms with van der Waals surface area (Å²) in [5.74, 6) is 0.0688. The number of esters is 2. The highest BCUT2D eigenvalue weighted by Crippen LogP contribution is 2.39. The lowest BCUT2D eigenvalue weighted by Gasteiger charge is -2.19. The molecule has 52 heavy (non-hydrogen) atoms. The molecule has 6 aromatic rings. The zero-order chi connectivity index (χ0) is 36.8. The van der Waals surface area contributed by atoms with Crippen molar-refractivity contribution in [1.82, 2.24) is 0 Å². The van der Waals surface area contributed by atoms with E-state index in [0.717, 1.165) is 66.8 Å². The summed E-state index contributed by atoms with van der Waals surface area (Å²) in [7, 11) is 2.75. The Kier molecular flexibility index (Phi) is 10.9. The Balaban J connectivity index is 1.32. The first-order chi connectivity index (χ1) is 25.2. The van der Waals surface area contributed by atoms with E-state index in [-0.39, 0.29) is 0 Å². The van der Waals surface area contributed by atoms with E-state index in [0.29, 0.717) is 35.8 Å². The number of aryl methyl sites for hydroxylation is 4. The van der Waals surface area contributed by atoms with Crippen LogP contribution in [0.25, 0.3) is 33.4 Å². The van der Waals surface area contributed by atoms with E-state index in [1.807, 2.05) is 84.9 Å². The van der Waals surface area contributed by atoms with E-state index in [9.17, 15) is 9.59 Å². The molecule has 0 aliphatic rings. The fraction of sp³-hybridized carbons (Fsp3) is 0.174. The zero-order valence-electron chi connectivity index (χ0n) is 30.4. The van der Waals surface area contributed by atoms with E-state index in [1.54, 1.807) is 12.1 Å². The van der Waals surface area contributed by atoms with Crippen molar-refractivity contribution in [3.8, 4) is 44.9 Å². The average molecular weight is 691 g/mol. The molecule has 0 aliphatic heterocycles. The third kappa shape index (κ3) is 7.77. The average Bonchev–Trinajstić information content (AvgIpc) is 3.17. The lowest BCUT2D eigenvalue weighted by Crippen LogP contribution is -2.06. The highest BCUT2D eigenvalue weighted by molar-refractivity contribution is 5.94. The number of rotatable bonds is 11. The number of methoxy groups -OCH3 is 2. The number of ether oxygens (including phenoxy) is 4. The molecular formula is C46H42O6. The fourth-order valence-electron chi connectivity index (χ4n) is 6.48. The summed E-state index contributed by atoms with van der Waals surface area (Å²) in [6.07, 6.45) is 0. The van der Waals surface area contributed by atoms with Crippen LogP contribution < -0.4 is 9.47 Å². The molecule has 0 aromatic heterocycles. The van der Waals surface area contributed by atoms with Gasteiger partial charge in [0.15, 0.2) is 0 Å². The lowest BCUT2D eigenvalue weighted by atomic mass is 9.87. The van der Waals surface area contributed by atoms with E-state index < -0.39 is 11.9 Å². The van der Waals surface area contributed by atoms with E-state index >= 15 is 0 Å². The van der Waals surface area contributed by atoms with Crippen LogP contribution in [-0.4, -0.2) is 26.2 Å². The molecule has 0 N–H and O–H groups in total. The molecule has 0 spiro atoms. The summed E-state index contributed by atoms with van der Waals surface area (Å²) in [5.41, 5.74) is 13.5. The van der Waals surface area contributed by atoms with Crippen molar-refractivity contribution in [2.45, 2.75) is 40.9 Å². The van der Waals surface area contributed by atoms with Crippen LogP contribution in [0.1, 0.15) is 54.1 Å². The molecule has 0 radical (unpaired) electrons. The van der Waals surface area contributed by atoms with Gasteiger partial charge in [0.05, 0.1) is 14.2 Å². The molecule has 0 amide bonds. The van der Waals surface area contributed by atoms with Crippen molar-refractivity contribution in [3.63, 3.8) is 0 Å². The smallest absolute Gasteiger partial charge is 0.341 e. The number of carbonyl (C=O) groups excluding carboxylic acids is 2. The highest BCUT2D eigenvalue weighted by atomic mass is 16.5. The van der Waals surface area contributed by atoms with Crippen LogP contribution >= 0.6 is 0 Å². The van der Waals surface area contributed by atoms with Crippen molar-refractivity contribution < 1.29 is 28.5 Å². The molecule has 6 aromatic carbocycles. The van der Waals surface area contributed by atoms with Gasteiger partial charge in [-0.3, -0.25) is 0 Å². The maximum atomic E-state index is 12.6. The molecule has 0 saturated carbocycles. The molecule has 6 rings (SSSR count). The summed E-state index contributed by atoms with van der Waals surface area (Å²) in [6.45, 7) is 9.12. The first-order valence-electron chi connectivity index (χ1n) is 17.2. The standard InChI is InChI=1S/C46H42O6/c1-29-23-41(31(3)21-39(29)35-17-19-37(45(47)49-5)43(25-35)51-27-33-13-9-7-10-14-33)42-24-30(2)40(22-32(42)4)36-18-20-38(46(48)50-6)44(26-36)52-28-34-15-11-8-12-16-34/h7-26H,27-28H2,1-6H3. The van der Waals surface area contributed by atoms with Gasteiger partial charge >= 0.3 is 11.9 Å². The van der Waals surface area contributed by atoms with Crippen LogP contribution in [0, 0.1) is 27.7 Å². The quantitative estimate of drug-likeness (QED) is 0.126. The van der Waals surface area contributed by atoms with Crippen LogP contribution in [0.3, 0.4) is 0 Å². The van der Waals surface area contributed by atoms with E-state index in [4.69, 9.17) is 18.9 Å². The van der Waals surface area contributed by atoms with Gasteiger partial charge in [0.2, 0.25) is 0 Å². The van der Waals surface area contributed by atoms with Crippen molar-refractivity contribution in [2.75, 3.05) is 14.2 Å². The first kappa shape index (κ1) is 35.7. The number of hydrogen-bond acceptors (Lipinski definition) is 6. The van der Waals surface area contributed by atoms with E-state index in [1.165, 1.54) is 14.2 Å². The number of benzene rings is 6. The van der Waals surface area contributed by atoms with Crippen LogP contribution in [0.5, 0.6) is 11.5 Å². The van der Waals surface area contributed by atoms with Gasteiger partial charge < -0.3 is 18.9 Å². The Bertz CT molecular complexity index is 2080. The molecular weight excluding hydrogens is 649 g/mol. The molecule has 0 fully saturated rings. The normalized spacial score (nSPS) is 10.8. The van der Waals surface area contributed by atoms with Gasteiger partial charge in [0.25, 0.3) is 0 Å². The Morgan fingerprint density at radius 2 is 0.788 bits per heavy atom. The summed E-state index contributed by atoms with van der Waals surface area (Å²) >= 11 is 0. The summed E-state index contributed by atoms with van der Waals surface area (Å²) in [5, 5.41) is 0. The molecule has 0 heterocycles. The minimum atomic E-state index is -0.442. The Hall–Kier alpha value is -6.14. The van der Waals surface area contributed by atoms with Gasteiger partial charge in [-0.15, -0.1) is 0 Å². The van der Waals surface area contributed by atoms with Crippen LogP contribution in [0.2, 0.25) is 0 Å². The predicted molar refractivity (Wildman–Crippen MR) is 206 cm³/mol. The van der Waals surface area contributed by atoms with Gasteiger partial charge in [-0.05, 0) is 119 Å². The van der Waals surface area contributed by atoms with Gasteiger partial charge in [0.1, 0.15) is 35.8 Å². The van der Waals surface area contributed by atoms with Gasteiger partial charge in [-0.2, -0.15) is 0 Å². The van der Waals surface area contributed by atoms with E-state index in [2.05, 4.69) is 52.0 Å². The fourth-order valence-corrected chi connectivity index (χ4v) is 6.48. The van der Waals surface area contributed by atoms with Gasteiger partial charge in [-0.25, -0.2) is 9.59 Å². The Labute approximate surface area is 305 Å². The second kappa shape index (κ2) is 15.8. The Morgan fingerprint density at radius 1 is 0.442 bits per heavy atom. The minimum absolute atomic E-state index is 0.331. The summed E-state index contributed by atoms with van der Waals surface area (Å²) in [6, 6.07) is 39.8. The van der Waals surface area contributed by atoms with Crippen molar-refractivity contribution in [2.24, 2.45) is 0 Å². The monoisotopic (exact) mass is 690 g/mol. The molecule has 0 bridgehead atoms. The van der Waals surface area contributed by atoms with Crippen molar-refractivity contribution >= 4 is 11.9 Å². The highest BCUT2D eigenvalue weighted by Gasteiger charge is 2.19. The van der Waals surface area contributed by atoms with Crippen LogP contribution in [0.15, 0.2) is 121 Å². The molecule has 0 saturated heterocycles. The van der Waals surface area contributed by atoms with Crippen LogP contribution in [0.4, 0.5) is 0 Å². The molecule has 6 nitrogen and oxygen atoms in total. The predicted octanol–water partition coefficient (Wildman–Crippen LogP) is 10.7. The number of hydrogen-bond donors (Lipinski definition) is 0. The third-order valence-corrected chi connectivity index (χ3v) is 9.30. The molecule has 0 aliphatic carbocycles. The maximum absolute atomic E-state index is 12.6. The van der Waals surface area contributed by atoms with Crippen molar-refractivity contribution in [3.05, 3.63) is 166 Å². The molecule has 0 atom stereocenters. The second-order valence-electron chi connectivity index (χ2n) is 12.9. The van der Waals surface area contributed by atoms with Crippen molar-refractivity contribution in [1.29, 1.82) is 0 Å². The third-order valence-electron chi connectivity index (χ3n) is 9.30. The summed E-state index contributed by atoms with van der Waals surface area (Å²) in [4.78, 5) is 25.2. The number of carbonyl (C=O) groups is 2. The van der Waals surface area contributed by atoms with Gasteiger partial charge in [-0.1, -0.05) is 97.1 Å². The minimum Gasteiger partial charge on any atom is -0.488 e. The SMILES string of the molecule is COC(=O)c1ccc(-c2cc(C)c(-c3cc(C)c(-c4ccc(C(=O)OC)c(OCc5ccccc5)c4)cc3C)cc2C)cc1OCc1ccccc1. The maximum Gasteiger partial charge on any atom is 0.341 e. The topological polar surface area (TPSA) is 71.1 Å². The molecule has 6 heteroatoms. The largest absolute Gasteiger partial charge is 0.488 e. The molecule has 262 valence electrons. The van der Waals surface area contributed by atoms with Crippen LogP contribution in [-0.2, 0) is 22.7 Å². The van der Waals surface area contributed by atoms with Gasteiger partial charge in [0, 0.05) is 0 Å². The zero-order valence-corrected chi connectivity index (χ0v) is 30.4. The molecule has 0 unspecified atom stereocenters. The second-order valence-corrected chi connectivity index (χ2v) is 12.9. The lowest BCUT2D eigenvalue weighted by molar-refractivity contribution is 0.0586. The first-order valence-corrected chi connectivity index (χ1v) is 17.2. The Morgan fingerprint density at radius 3 is 1.15 bits per heavy atom.